The van der Waals surface area contributed by atoms with Gasteiger partial charge in [-0.1, -0.05) is 11.6 Å². The summed E-state index contributed by atoms with van der Waals surface area (Å²) in [5, 5.41) is 2.00. The maximum Gasteiger partial charge on any atom is 0.407 e. The highest BCUT2D eigenvalue weighted by molar-refractivity contribution is 6.31. The molecule has 1 atom stereocenters. The van der Waals surface area contributed by atoms with Crippen LogP contribution in [0.2, 0.25) is 5.02 Å². The quantitative estimate of drug-likeness (QED) is 0.757. The number of hydrogen-bond acceptors (Lipinski definition) is 2. The molecule has 0 spiro atoms. The number of amides is 1. The molecule has 2 rings (SSSR count). The van der Waals surface area contributed by atoms with Crippen LogP contribution in [0.1, 0.15) is 11.6 Å². The Balaban J connectivity index is 2.43. The van der Waals surface area contributed by atoms with Gasteiger partial charge in [0.15, 0.2) is 0 Å². The first kappa shape index (κ1) is 10.2. The van der Waals surface area contributed by atoms with Gasteiger partial charge in [-0.25, -0.2) is 13.6 Å². The van der Waals surface area contributed by atoms with Crippen molar-refractivity contribution in [3.05, 3.63) is 34.4 Å². The third-order valence-corrected chi connectivity index (χ3v) is 2.49. The first-order valence-corrected chi connectivity index (χ1v) is 4.54. The fourth-order valence-electron chi connectivity index (χ4n) is 1.40. The van der Waals surface area contributed by atoms with Crippen LogP contribution in [0.15, 0.2) is 12.1 Å². The second-order valence-electron chi connectivity index (χ2n) is 3.05. The highest BCUT2D eigenvalue weighted by atomic mass is 35.5. The molecule has 80 valence electrons. The largest absolute Gasteiger partial charge is 0.447 e. The maximum atomic E-state index is 13.4. The Bertz CT molecular complexity index is 425. The molecule has 0 bridgehead atoms. The van der Waals surface area contributed by atoms with Crippen molar-refractivity contribution in [3.63, 3.8) is 0 Å². The Labute approximate surface area is 89.0 Å². The van der Waals surface area contributed by atoms with E-state index in [0.717, 1.165) is 12.1 Å². The monoisotopic (exact) mass is 233 g/mol. The van der Waals surface area contributed by atoms with Crippen LogP contribution in [-0.4, -0.2) is 12.7 Å². The number of ether oxygens (including phenoxy) is 1. The van der Waals surface area contributed by atoms with Gasteiger partial charge in [-0.15, -0.1) is 0 Å². The van der Waals surface area contributed by atoms with Crippen molar-refractivity contribution in [2.24, 2.45) is 0 Å². The van der Waals surface area contributed by atoms with Gasteiger partial charge >= 0.3 is 6.09 Å². The number of hydrogen-bond donors (Lipinski definition) is 1. The second-order valence-corrected chi connectivity index (χ2v) is 3.43. The van der Waals surface area contributed by atoms with Gasteiger partial charge in [-0.3, -0.25) is 0 Å². The molecule has 0 aliphatic carbocycles. The molecule has 1 aromatic carbocycles. The van der Waals surface area contributed by atoms with Crippen LogP contribution < -0.4 is 5.32 Å². The zero-order valence-electron chi connectivity index (χ0n) is 7.39. The van der Waals surface area contributed by atoms with E-state index in [4.69, 9.17) is 11.6 Å². The Hall–Kier alpha value is -1.36. The van der Waals surface area contributed by atoms with Gasteiger partial charge in [0.2, 0.25) is 0 Å². The minimum atomic E-state index is -0.735. The molecule has 1 N–H and O–H groups in total. The van der Waals surface area contributed by atoms with E-state index in [1.54, 1.807) is 0 Å². The van der Waals surface area contributed by atoms with Crippen molar-refractivity contribution >= 4 is 17.7 Å². The Morgan fingerprint density at radius 3 is 2.67 bits per heavy atom. The van der Waals surface area contributed by atoms with E-state index < -0.39 is 23.8 Å². The number of cyclic esters (lactones) is 1. The van der Waals surface area contributed by atoms with Crippen LogP contribution in [0.5, 0.6) is 0 Å². The van der Waals surface area contributed by atoms with Gasteiger partial charge in [0.25, 0.3) is 0 Å². The molecule has 1 aliphatic heterocycles. The summed E-state index contributed by atoms with van der Waals surface area (Å²) in [6.07, 6.45) is -0.667. The van der Waals surface area contributed by atoms with Gasteiger partial charge in [-0.2, -0.15) is 0 Å². The molecule has 1 saturated heterocycles. The number of carbonyl (C=O) groups is 1. The number of carbonyl (C=O) groups excluding carboxylic acids is 1. The molecule has 1 heterocycles. The molecule has 0 saturated carbocycles. The fourth-order valence-corrected chi connectivity index (χ4v) is 1.69. The predicted octanol–water partition coefficient (Wildman–Crippen LogP) is 2.40. The molecule has 15 heavy (non-hydrogen) atoms. The van der Waals surface area contributed by atoms with Crippen molar-refractivity contribution in [2.45, 2.75) is 6.04 Å². The van der Waals surface area contributed by atoms with E-state index in [0.29, 0.717) is 0 Å². The van der Waals surface area contributed by atoms with Crippen molar-refractivity contribution < 1.29 is 18.3 Å². The molecule has 6 heteroatoms. The summed E-state index contributed by atoms with van der Waals surface area (Å²) in [6, 6.07) is 1.15. The summed E-state index contributed by atoms with van der Waals surface area (Å²) in [6.45, 7) is -0.0566. The minimum absolute atomic E-state index is 0.0566. The number of benzene rings is 1. The maximum absolute atomic E-state index is 13.4. The Morgan fingerprint density at radius 1 is 1.40 bits per heavy atom. The Morgan fingerprint density at radius 2 is 2.07 bits per heavy atom. The summed E-state index contributed by atoms with van der Waals surface area (Å²) < 4.78 is 31.0. The van der Waals surface area contributed by atoms with Crippen molar-refractivity contribution in [1.29, 1.82) is 0 Å². The summed E-state index contributed by atoms with van der Waals surface area (Å²) in [5.74, 6) is -1.40. The van der Waals surface area contributed by atoms with Crippen molar-refractivity contribution in [1.82, 2.24) is 5.32 Å². The lowest BCUT2D eigenvalue weighted by atomic mass is 10.1. The summed E-state index contributed by atoms with van der Waals surface area (Å²) in [5.41, 5.74) is -0.0810. The summed E-state index contributed by atoms with van der Waals surface area (Å²) in [4.78, 5) is 10.7. The second kappa shape index (κ2) is 3.66. The third-order valence-electron chi connectivity index (χ3n) is 2.10. The highest BCUT2D eigenvalue weighted by Crippen LogP contribution is 2.30. The lowest BCUT2D eigenvalue weighted by Crippen LogP contribution is -2.20. The molecule has 1 aromatic rings. The lowest BCUT2D eigenvalue weighted by Gasteiger charge is -2.11. The van der Waals surface area contributed by atoms with E-state index in [1.807, 2.05) is 0 Å². The minimum Gasteiger partial charge on any atom is -0.447 e. The molecule has 1 unspecified atom stereocenters. The average molecular weight is 234 g/mol. The number of alkyl carbamates (subject to hydrolysis) is 1. The van der Waals surface area contributed by atoms with E-state index >= 15 is 0 Å². The van der Waals surface area contributed by atoms with E-state index in [-0.39, 0.29) is 17.2 Å². The number of rotatable bonds is 1. The van der Waals surface area contributed by atoms with Crippen molar-refractivity contribution in [2.75, 3.05) is 6.61 Å². The zero-order chi connectivity index (χ0) is 11.0. The average Bonchev–Trinajstić information content (AvgIpc) is 2.59. The fraction of sp³-hybridized carbons (Fsp3) is 0.222. The SMILES string of the molecule is O=C1NC(c2c(F)ccc(F)c2Cl)CO1. The zero-order valence-corrected chi connectivity index (χ0v) is 8.15. The smallest absolute Gasteiger partial charge is 0.407 e. The molecule has 1 fully saturated rings. The van der Waals surface area contributed by atoms with Crippen LogP contribution in [0.4, 0.5) is 13.6 Å². The van der Waals surface area contributed by atoms with Crippen molar-refractivity contribution in [3.8, 4) is 0 Å². The summed E-state index contributed by atoms with van der Waals surface area (Å²) in [7, 11) is 0. The summed E-state index contributed by atoms with van der Waals surface area (Å²) >= 11 is 5.60. The van der Waals surface area contributed by atoms with E-state index in [2.05, 4.69) is 10.1 Å². The molecular formula is C9H6ClF2NO2. The first-order valence-electron chi connectivity index (χ1n) is 4.16. The predicted molar refractivity (Wildman–Crippen MR) is 48.6 cm³/mol. The van der Waals surface area contributed by atoms with Gasteiger partial charge in [0, 0.05) is 5.56 Å². The number of nitrogens with one attached hydrogen (secondary N) is 1. The van der Waals surface area contributed by atoms with E-state index in [9.17, 15) is 13.6 Å². The molecule has 1 amide bonds. The lowest BCUT2D eigenvalue weighted by molar-refractivity contribution is 0.176. The van der Waals surface area contributed by atoms with Crippen LogP contribution >= 0.6 is 11.6 Å². The van der Waals surface area contributed by atoms with Crippen LogP contribution in [-0.2, 0) is 4.74 Å². The standard InChI is InChI=1S/C9H6ClF2NO2/c10-8-5(12)2-1-4(11)7(8)6-3-15-9(14)13-6/h1-2,6H,3H2,(H,13,14). The third kappa shape index (κ3) is 1.74. The molecule has 3 nitrogen and oxygen atoms in total. The van der Waals surface area contributed by atoms with Crippen LogP contribution in [0, 0.1) is 11.6 Å². The topological polar surface area (TPSA) is 38.3 Å². The first-order chi connectivity index (χ1) is 7.09. The molecular weight excluding hydrogens is 228 g/mol. The van der Waals surface area contributed by atoms with Gasteiger partial charge in [0.1, 0.15) is 18.2 Å². The van der Waals surface area contributed by atoms with E-state index in [1.165, 1.54) is 0 Å². The van der Waals surface area contributed by atoms with Gasteiger partial charge in [0.05, 0.1) is 11.1 Å². The Kier molecular flexibility index (Phi) is 2.48. The number of halogens is 3. The van der Waals surface area contributed by atoms with Gasteiger partial charge < -0.3 is 10.1 Å². The molecule has 0 radical (unpaired) electrons. The molecule has 0 aromatic heterocycles. The van der Waals surface area contributed by atoms with Gasteiger partial charge in [-0.05, 0) is 12.1 Å². The van der Waals surface area contributed by atoms with Crippen LogP contribution in [0.25, 0.3) is 0 Å². The normalized spacial score (nSPS) is 19.9. The molecule has 1 aliphatic rings. The highest BCUT2D eigenvalue weighted by Gasteiger charge is 2.29. The van der Waals surface area contributed by atoms with Crippen LogP contribution in [0.3, 0.4) is 0 Å².